The van der Waals surface area contributed by atoms with Crippen LogP contribution in [0.2, 0.25) is 0 Å². The van der Waals surface area contributed by atoms with Gasteiger partial charge in [0.25, 0.3) is 0 Å². The van der Waals surface area contributed by atoms with Gasteiger partial charge in [0, 0.05) is 23.2 Å². The van der Waals surface area contributed by atoms with Gasteiger partial charge in [-0.05, 0) is 107 Å². The summed E-state index contributed by atoms with van der Waals surface area (Å²) >= 11 is 11.1. The molecule has 5 aromatic heterocycles. The first-order valence-electron chi connectivity index (χ1n) is 17.8. The number of hydrogen-bond donors (Lipinski definition) is 2. The fourth-order valence-corrected chi connectivity index (χ4v) is 6.52. The normalized spacial score (nSPS) is 11.3. The van der Waals surface area contributed by atoms with Crippen molar-refractivity contribution in [1.29, 1.82) is 0 Å². The Kier molecular flexibility index (Phi) is 16.6. The molecule has 0 aliphatic carbocycles. The predicted molar refractivity (Wildman–Crippen MR) is 213 cm³/mol. The molecule has 0 saturated heterocycles. The molecule has 0 amide bonds. The van der Waals surface area contributed by atoms with Gasteiger partial charge in [0.15, 0.2) is 0 Å². The molecule has 0 spiro atoms. The smallest absolute Gasteiger partial charge is 0.440 e. The third kappa shape index (κ3) is 14.2. The average Bonchev–Trinajstić information content (AvgIpc) is 3.84. The first-order valence-corrected chi connectivity index (χ1v) is 21.2. The van der Waals surface area contributed by atoms with Gasteiger partial charge in [-0.1, -0.05) is 96.7 Å². The molecule has 2 N–H and O–H groups in total. The minimum absolute atomic E-state index is 0. The number of para-hydroxylation sites is 6. The quantitative estimate of drug-likeness (QED) is 0.0857. The summed E-state index contributed by atoms with van der Waals surface area (Å²) in [5.41, 5.74) is 9.08. The molecule has 16 nitrogen and oxygen atoms in total. The van der Waals surface area contributed by atoms with Gasteiger partial charge in [-0.2, -0.15) is 28.0 Å². The van der Waals surface area contributed by atoms with Crippen LogP contribution >= 0.6 is 24.4 Å². The molecule has 0 aliphatic heterocycles. The number of thiocarbonyl (C=S) groups is 2. The van der Waals surface area contributed by atoms with E-state index >= 15 is 0 Å². The van der Waals surface area contributed by atoms with Crippen molar-refractivity contribution in [3.63, 3.8) is 0 Å². The van der Waals surface area contributed by atoms with E-state index in [1.807, 2.05) is 97.1 Å². The molecule has 0 fully saturated rings. The molecule has 21 heteroatoms. The number of fused-ring (bicyclic) bond motifs is 9. The number of nitrogens with zero attached hydrogens (tertiary/aromatic N) is 8. The largest absolute Gasteiger partial charge is 2.00 e. The van der Waals surface area contributed by atoms with Gasteiger partial charge >= 0.3 is 19.5 Å². The second kappa shape index (κ2) is 21.4. The second-order valence-corrected chi connectivity index (χ2v) is 15.6. The van der Waals surface area contributed by atoms with E-state index in [0.29, 0.717) is 0 Å². The molecule has 4 aromatic carbocycles. The van der Waals surface area contributed by atoms with Crippen molar-refractivity contribution in [3.05, 3.63) is 121 Å². The minimum Gasteiger partial charge on any atom is -0.440 e. The van der Waals surface area contributed by atoms with E-state index in [1.54, 1.807) is 12.4 Å². The summed E-state index contributed by atoms with van der Waals surface area (Å²) in [5, 5.41) is 1.98. The fourth-order valence-electron chi connectivity index (χ4n) is 6.11. The molecule has 0 saturated carbocycles. The maximum Gasteiger partial charge on any atom is 2.00 e. The monoisotopic (exact) mass is 988 g/mol. The van der Waals surface area contributed by atoms with Crippen LogP contribution in [-0.2, 0) is 32.3 Å². The summed E-state index contributed by atoms with van der Waals surface area (Å²) in [6.45, 7) is 0. The zero-order valence-electron chi connectivity index (χ0n) is 31.5. The van der Waals surface area contributed by atoms with E-state index in [0.717, 1.165) is 126 Å². The maximum absolute atomic E-state index is 8.60. The van der Waals surface area contributed by atoms with Crippen molar-refractivity contribution in [2.75, 3.05) is 0 Å². The Labute approximate surface area is 374 Å². The van der Waals surface area contributed by atoms with Gasteiger partial charge in [0.05, 0.1) is 62.9 Å². The van der Waals surface area contributed by atoms with Gasteiger partial charge < -0.3 is 19.9 Å². The van der Waals surface area contributed by atoms with Crippen LogP contribution in [0.3, 0.4) is 0 Å². The van der Waals surface area contributed by atoms with Crippen LogP contribution in [-0.4, -0.2) is 49.0 Å². The van der Waals surface area contributed by atoms with Gasteiger partial charge in [-0.15, -0.1) is 0 Å². The van der Waals surface area contributed by atoms with Crippen molar-refractivity contribution in [2.45, 2.75) is 38.5 Å². The second-order valence-electron chi connectivity index (χ2n) is 12.8. The first-order chi connectivity index (χ1) is 28.6. The zero-order chi connectivity index (χ0) is 42.9. The molecule has 5 heterocycles. The number of benzene rings is 4. The number of aromatic nitrogens is 8. The molecular weight excluding hydrogens is 957 g/mol. The topological polar surface area (TPSA) is 284 Å². The van der Waals surface area contributed by atoms with Crippen LogP contribution in [0.25, 0.3) is 65.9 Å². The van der Waals surface area contributed by atoms with Crippen LogP contribution < -0.4 is 37.9 Å². The first kappa shape index (κ1) is 47.4. The summed E-state index contributed by atoms with van der Waals surface area (Å²) in [5.74, 6) is 1.73. The SMILES string of the molecule is S=C(CCC(=S)CCc1nc2ccccc2[n-]1)CCc1nc2ccccc2[n-]1.[O-][Cl+3]([O-])([O-])O.[O-][Cl+3]([O-])([O-])O.[Ru+2].c1ccc2nc3c4cccnc4c4ncccc4c3nc2c1. The van der Waals surface area contributed by atoms with E-state index in [9.17, 15) is 0 Å². The Morgan fingerprint density at radius 2 is 0.820 bits per heavy atom. The minimum atomic E-state index is -4.69. The third-order valence-electron chi connectivity index (χ3n) is 8.62. The van der Waals surface area contributed by atoms with Crippen LogP contribution in [0.15, 0.2) is 109 Å². The Bertz CT molecular complexity index is 2660. The zero-order valence-corrected chi connectivity index (χ0v) is 36.4. The Balaban J connectivity index is 0.000000189. The van der Waals surface area contributed by atoms with Gasteiger partial charge in [0.1, 0.15) is 0 Å². The summed E-state index contributed by atoms with van der Waals surface area (Å²) in [6, 6.07) is 31.7. The molecule has 0 unspecified atom stereocenters. The Hall–Kier alpha value is -4.70. The van der Waals surface area contributed by atoms with Gasteiger partial charge in [0.2, 0.25) is 0 Å². The number of imidazole rings is 2. The van der Waals surface area contributed by atoms with Crippen LogP contribution in [0.5, 0.6) is 0 Å². The molecule has 0 bridgehead atoms. The van der Waals surface area contributed by atoms with E-state index in [-0.39, 0.29) is 19.5 Å². The van der Waals surface area contributed by atoms with E-state index in [4.69, 9.17) is 71.7 Å². The fraction of sp³-hybridized carbons (Fsp3) is 0.150. The Morgan fingerprint density at radius 3 is 1.18 bits per heavy atom. The van der Waals surface area contributed by atoms with Crippen molar-refractivity contribution < 1.29 is 77.2 Å². The molecule has 9 rings (SSSR count). The van der Waals surface area contributed by atoms with Crippen molar-refractivity contribution in [1.82, 2.24) is 39.9 Å². The number of aryl methyl sites for hydroxylation is 2. The summed E-state index contributed by atoms with van der Waals surface area (Å²) in [6.07, 6.45) is 8.49. The summed E-state index contributed by atoms with van der Waals surface area (Å²) in [7, 11) is -9.39. The van der Waals surface area contributed by atoms with E-state index in [1.165, 1.54) is 0 Å². The number of hydrogen-bond acceptors (Lipinski definition) is 16. The average molecular weight is 989 g/mol. The van der Waals surface area contributed by atoms with E-state index < -0.39 is 20.5 Å². The molecule has 0 radical (unpaired) electrons. The van der Waals surface area contributed by atoms with Crippen LogP contribution in [0.1, 0.15) is 37.3 Å². The number of halogens is 2. The van der Waals surface area contributed by atoms with Crippen molar-refractivity contribution >= 4 is 100 Å². The molecule has 0 aliphatic rings. The maximum atomic E-state index is 8.60. The van der Waals surface area contributed by atoms with Crippen molar-refractivity contribution in [2.24, 2.45) is 0 Å². The third-order valence-corrected chi connectivity index (χ3v) is 9.44. The van der Waals surface area contributed by atoms with Crippen molar-refractivity contribution in [3.8, 4) is 0 Å². The van der Waals surface area contributed by atoms with Crippen LogP contribution in [0.4, 0.5) is 0 Å². The number of rotatable bonds is 9. The summed E-state index contributed by atoms with van der Waals surface area (Å²) < 4.78 is 65.4. The van der Waals surface area contributed by atoms with Gasteiger partial charge in [-0.25, -0.2) is 9.97 Å². The van der Waals surface area contributed by atoms with Crippen LogP contribution in [0, 0.1) is 20.5 Å². The molecule has 314 valence electrons. The molecule has 0 atom stereocenters. The van der Waals surface area contributed by atoms with E-state index in [2.05, 4.69) is 29.9 Å². The molecule has 61 heavy (non-hydrogen) atoms. The molecular formula is C40H32Cl2N8O8RuS2. The molecule has 9 aromatic rings. The predicted octanol–water partition coefficient (Wildman–Crippen LogP) is 0.412. The number of pyridine rings is 2. The summed E-state index contributed by atoms with van der Waals surface area (Å²) in [4.78, 5) is 38.9. The Morgan fingerprint density at radius 1 is 0.475 bits per heavy atom. The van der Waals surface area contributed by atoms with Gasteiger partial charge in [-0.3, -0.25) is 9.97 Å². The standard InChI is InChI=1S/C22H20N4S2.C18H10N4.2ClHO4.Ru/c27-15(11-13-21-23-17-5-1-2-6-18(17)24-21)9-10-16(28)12-14-22-25-19-7-3-4-8-20(19)26-22;1-2-8-14-13(7-1)21-17-11-5-3-9-19-15(11)16-12(18(17)22-14)6-4-10-20-16;2*2-1(3,4)5;/h1-8H,9-14H2;1-10H;2*(H,2,3,4,5);/q-2;;;;+2.